The average molecular weight is 370 g/mol. The maximum Gasteiger partial charge on any atom is 0.227 e. The third kappa shape index (κ3) is 1.75. The van der Waals surface area contributed by atoms with Crippen molar-refractivity contribution in [3.8, 4) is 5.69 Å². The minimum Gasteiger partial charge on any atom is -0.268 e. The second-order valence-corrected chi connectivity index (χ2v) is 6.11. The predicted molar refractivity (Wildman–Crippen MR) is 95.6 cm³/mol. The minimum atomic E-state index is 0.112. The van der Waals surface area contributed by atoms with Crippen molar-refractivity contribution in [2.45, 2.75) is 6.92 Å². The zero-order valence-electron chi connectivity index (χ0n) is 14.4. The highest BCUT2D eigenvalue weighted by molar-refractivity contribution is 5.81. The van der Waals surface area contributed by atoms with Crippen molar-refractivity contribution in [1.82, 2.24) is 53.2 Å². The summed E-state index contributed by atoms with van der Waals surface area (Å²) in [5.74, 6) is 0.924. The number of hydrogen-bond acceptors (Lipinski definition) is 9. The van der Waals surface area contributed by atoms with Crippen molar-refractivity contribution in [3.63, 3.8) is 0 Å². The molecule has 6 aromatic heterocycles. The van der Waals surface area contributed by atoms with Crippen LogP contribution in [-0.4, -0.2) is 53.2 Å². The number of nitrogens with one attached hydrogen (secondary N) is 1. The molecule has 0 saturated carbocycles. The fourth-order valence-corrected chi connectivity index (χ4v) is 3.35. The van der Waals surface area contributed by atoms with Crippen molar-refractivity contribution in [1.29, 1.82) is 5.41 Å². The quantitative estimate of drug-likeness (QED) is 0.434. The zero-order chi connectivity index (χ0) is 18.8. The van der Waals surface area contributed by atoms with Gasteiger partial charge in [-0.25, -0.2) is 43.3 Å². The lowest BCUT2D eigenvalue weighted by atomic mass is 10.3. The second kappa shape index (κ2) is 5.09. The van der Waals surface area contributed by atoms with E-state index >= 15 is 0 Å². The van der Waals surface area contributed by atoms with Crippen molar-refractivity contribution in [2.75, 3.05) is 0 Å². The number of imidazole rings is 2. The Hall–Kier alpha value is -4.35. The number of nitrogens with zero attached hydrogens (tertiary/aromatic N) is 11. The Kier molecular flexibility index (Phi) is 2.69. The van der Waals surface area contributed by atoms with E-state index in [1.165, 1.54) is 19.0 Å². The predicted octanol–water partition coefficient (Wildman–Crippen LogP) is 0.237. The first-order chi connectivity index (χ1) is 13.7. The topological polar surface area (TPSA) is 141 Å². The second-order valence-electron chi connectivity index (χ2n) is 6.11. The summed E-state index contributed by atoms with van der Waals surface area (Å²) >= 11 is 0. The van der Waals surface area contributed by atoms with E-state index in [4.69, 9.17) is 5.41 Å². The van der Waals surface area contributed by atoms with Crippen LogP contribution in [0.3, 0.4) is 0 Å². The molecule has 6 aromatic rings. The van der Waals surface area contributed by atoms with Gasteiger partial charge in [-0.05, 0) is 6.92 Å². The maximum absolute atomic E-state index is 8.91. The van der Waals surface area contributed by atoms with E-state index < -0.39 is 0 Å². The van der Waals surface area contributed by atoms with Gasteiger partial charge in [-0.1, -0.05) is 0 Å². The Labute approximate surface area is 154 Å². The lowest BCUT2D eigenvalue weighted by Crippen LogP contribution is -2.29. The van der Waals surface area contributed by atoms with Crippen LogP contribution in [0.1, 0.15) is 5.69 Å². The molecule has 0 atom stereocenters. The van der Waals surface area contributed by atoms with Crippen LogP contribution in [0.15, 0.2) is 37.6 Å². The molecule has 0 spiro atoms. The molecule has 0 unspecified atom stereocenters. The number of hydrogen-bond donors (Lipinski definition) is 1. The molecule has 28 heavy (non-hydrogen) atoms. The molecule has 0 aromatic carbocycles. The van der Waals surface area contributed by atoms with Gasteiger partial charge < -0.3 is 0 Å². The fourth-order valence-electron chi connectivity index (χ4n) is 3.35. The van der Waals surface area contributed by atoms with E-state index in [1.807, 2.05) is 6.92 Å². The van der Waals surface area contributed by atoms with Gasteiger partial charge in [-0.3, -0.25) is 5.41 Å². The van der Waals surface area contributed by atoms with E-state index in [0.717, 1.165) is 0 Å². The highest BCUT2D eigenvalue weighted by Gasteiger charge is 2.20. The fraction of sp³-hybridized carbons (Fsp3) is 0.0625. The zero-order valence-corrected chi connectivity index (χ0v) is 14.4. The van der Waals surface area contributed by atoms with E-state index in [9.17, 15) is 0 Å². The van der Waals surface area contributed by atoms with Crippen LogP contribution in [-0.2, 0) is 0 Å². The van der Waals surface area contributed by atoms with Gasteiger partial charge in [-0.15, -0.1) is 0 Å². The molecule has 0 aliphatic heterocycles. The normalized spacial score (nSPS) is 11.9. The molecule has 0 bridgehead atoms. The van der Waals surface area contributed by atoms with E-state index in [0.29, 0.717) is 45.3 Å². The summed E-state index contributed by atoms with van der Waals surface area (Å²) in [7, 11) is 0. The summed E-state index contributed by atoms with van der Waals surface area (Å²) in [6.45, 7) is 1.85. The van der Waals surface area contributed by atoms with Crippen LogP contribution in [0, 0.1) is 12.3 Å². The van der Waals surface area contributed by atoms with Crippen LogP contribution in [0.25, 0.3) is 39.6 Å². The molecule has 6 rings (SSSR count). The smallest absolute Gasteiger partial charge is 0.227 e. The van der Waals surface area contributed by atoms with Gasteiger partial charge in [0.05, 0.1) is 30.0 Å². The molecule has 12 nitrogen and oxygen atoms in total. The van der Waals surface area contributed by atoms with Crippen LogP contribution in [0.2, 0.25) is 0 Å². The van der Waals surface area contributed by atoms with Crippen LogP contribution >= 0.6 is 0 Å². The lowest BCUT2D eigenvalue weighted by Gasteiger charge is -2.12. The molecular weight excluding hydrogens is 360 g/mol. The molecule has 12 heteroatoms. The van der Waals surface area contributed by atoms with Crippen LogP contribution < -0.4 is 5.62 Å². The standard InChI is InChI=1S/C16H10N12/c1-8-9(2-18-5-21-8)26-14(17)27-10-3-19-6-22-12(10)24-16(27)28-11-4-20-7-23-13(11)25-15(26)28/h2-7,17H,1H3. The Morgan fingerprint density at radius 3 is 2.07 bits per heavy atom. The monoisotopic (exact) mass is 370 g/mol. The molecule has 0 saturated heterocycles. The first-order valence-electron chi connectivity index (χ1n) is 8.27. The highest BCUT2D eigenvalue weighted by Crippen LogP contribution is 2.21. The van der Waals surface area contributed by atoms with Gasteiger partial charge in [0.15, 0.2) is 11.3 Å². The molecule has 1 N–H and O–H groups in total. The maximum atomic E-state index is 8.91. The molecule has 0 aliphatic carbocycles. The van der Waals surface area contributed by atoms with Gasteiger partial charge in [-0.2, -0.15) is 9.97 Å². The van der Waals surface area contributed by atoms with Crippen molar-refractivity contribution >= 4 is 33.9 Å². The third-order valence-electron chi connectivity index (χ3n) is 4.59. The largest absolute Gasteiger partial charge is 0.268 e. The molecule has 0 amide bonds. The van der Waals surface area contributed by atoms with E-state index in [-0.39, 0.29) is 5.62 Å². The summed E-state index contributed by atoms with van der Waals surface area (Å²) < 4.78 is 5.10. The van der Waals surface area contributed by atoms with Crippen molar-refractivity contribution < 1.29 is 0 Å². The Morgan fingerprint density at radius 1 is 0.750 bits per heavy atom. The Morgan fingerprint density at radius 2 is 1.36 bits per heavy atom. The highest BCUT2D eigenvalue weighted by atomic mass is 15.3. The molecule has 0 fully saturated rings. The number of aryl methyl sites for hydroxylation is 1. The van der Waals surface area contributed by atoms with Gasteiger partial charge >= 0.3 is 0 Å². The minimum absolute atomic E-state index is 0.112. The summed E-state index contributed by atoms with van der Waals surface area (Å²) in [5, 5.41) is 8.91. The third-order valence-corrected chi connectivity index (χ3v) is 4.59. The van der Waals surface area contributed by atoms with E-state index in [1.54, 1.807) is 32.0 Å². The summed E-state index contributed by atoms with van der Waals surface area (Å²) in [6, 6.07) is 0. The molecule has 134 valence electrons. The lowest BCUT2D eigenvalue weighted by molar-refractivity contribution is 0.793. The van der Waals surface area contributed by atoms with Gasteiger partial charge in [0.25, 0.3) is 0 Å². The summed E-state index contributed by atoms with van der Waals surface area (Å²) in [4.78, 5) is 34.3. The van der Waals surface area contributed by atoms with Gasteiger partial charge in [0.1, 0.15) is 30.0 Å². The van der Waals surface area contributed by atoms with Gasteiger partial charge in [0, 0.05) is 0 Å². The van der Waals surface area contributed by atoms with Crippen LogP contribution in [0.4, 0.5) is 0 Å². The van der Waals surface area contributed by atoms with E-state index in [2.05, 4.69) is 39.9 Å². The van der Waals surface area contributed by atoms with Crippen molar-refractivity contribution in [3.05, 3.63) is 48.9 Å². The average Bonchev–Trinajstić information content (AvgIpc) is 3.28. The molecule has 0 radical (unpaired) electrons. The SMILES string of the molecule is Cc1ncncc1-n1c(=N)n2c3cncnc3nc2n2c3cncnc3nc12. The number of fused-ring (bicyclic) bond motifs is 7. The first-order valence-corrected chi connectivity index (χ1v) is 8.27. The molecule has 6 heterocycles. The number of rotatable bonds is 1. The summed E-state index contributed by atoms with van der Waals surface area (Å²) in [5.41, 5.74) is 3.67. The number of aromatic nitrogens is 11. The Bertz CT molecular complexity index is 1610. The van der Waals surface area contributed by atoms with Crippen LogP contribution in [0.5, 0.6) is 0 Å². The van der Waals surface area contributed by atoms with Crippen molar-refractivity contribution in [2.24, 2.45) is 0 Å². The Balaban J connectivity index is 1.98. The first kappa shape index (κ1) is 14.8. The molecular formula is C16H10N12. The summed E-state index contributed by atoms with van der Waals surface area (Å²) in [6.07, 6.45) is 9.26. The van der Waals surface area contributed by atoms with Gasteiger partial charge in [0.2, 0.25) is 17.2 Å². The molecule has 0 aliphatic rings.